The smallest absolute Gasteiger partial charge is 0.211 e. The molecule has 118 valence electrons. The number of sulfonamides is 1. The average molecular weight is 316 g/mol. The minimum Gasteiger partial charge on any atom is -0.497 e. The number of hydrogen-bond acceptors (Lipinski definition) is 4. The van der Waals surface area contributed by atoms with E-state index in [0.29, 0.717) is 31.1 Å². The van der Waals surface area contributed by atoms with Crippen LogP contribution in [-0.4, -0.2) is 45.7 Å². The molecule has 5 nitrogen and oxygen atoms in total. The van der Waals surface area contributed by atoms with Crippen molar-refractivity contribution in [3.05, 3.63) is 24.0 Å². The Bertz CT molecular complexity index is 592. The third-order valence-electron chi connectivity index (χ3n) is 3.71. The van der Waals surface area contributed by atoms with Gasteiger partial charge in [-0.15, -0.1) is 0 Å². The molecular weight excluding hydrogens is 295 g/mol. The topological polar surface area (TPSA) is 58.6 Å². The molecule has 1 saturated heterocycles. The van der Waals surface area contributed by atoms with E-state index in [1.807, 2.05) is 0 Å². The molecule has 1 unspecified atom stereocenters. The van der Waals surface area contributed by atoms with Crippen LogP contribution in [0.4, 0.5) is 10.1 Å². The van der Waals surface area contributed by atoms with E-state index in [2.05, 4.69) is 5.32 Å². The first-order valence-corrected chi connectivity index (χ1v) is 8.77. The van der Waals surface area contributed by atoms with Crippen LogP contribution in [0.15, 0.2) is 18.2 Å². The quantitative estimate of drug-likeness (QED) is 0.901. The Hall–Kier alpha value is -1.34. The van der Waals surface area contributed by atoms with Gasteiger partial charge in [0.1, 0.15) is 11.6 Å². The predicted octanol–water partition coefficient (Wildman–Crippen LogP) is 1.92. The number of anilines is 1. The lowest BCUT2D eigenvalue weighted by Crippen LogP contribution is -2.41. The fourth-order valence-corrected chi connectivity index (χ4v) is 3.46. The summed E-state index contributed by atoms with van der Waals surface area (Å²) in [5.74, 6) is 0.422. The Balaban J connectivity index is 1.97. The monoisotopic (exact) mass is 316 g/mol. The molecule has 0 amide bonds. The maximum Gasteiger partial charge on any atom is 0.211 e. The van der Waals surface area contributed by atoms with E-state index in [-0.39, 0.29) is 11.7 Å². The van der Waals surface area contributed by atoms with Gasteiger partial charge in [0.2, 0.25) is 10.0 Å². The Labute approximate surface area is 125 Å². The predicted molar refractivity (Wildman–Crippen MR) is 80.6 cm³/mol. The second kappa shape index (κ2) is 6.62. The summed E-state index contributed by atoms with van der Waals surface area (Å²) in [5.41, 5.74) is 0.380. The Morgan fingerprint density at radius 2 is 2.24 bits per heavy atom. The third kappa shape index (κ3) is 4.31. The lowest BCUT2D eigenvalue weighted by atomic mass is 9.99. The number of benzene rings is 1. The van der Waals surface area contributed by atoms with Gasteiger partial charge in [0, 0.05) is 25.7 Å². The van der Waals surface area contributed by atoms with Gasteiger partial charge in [0.05, 0.1) is 19.1 Å². The molecule has 0 aliphatic carbocycles. The van der Waals surface area contributed by atoms with Crippen molar-refractivity contribution in [1.29, 1.82) is 0 Å². The van der Waals surface area contributed by atoms with Crippen LogP contribution in [0.25, 0.3) is 0 Å². The van der Waals surface area contributed by atoms with E-state index in [4.69, 9.17) is 4.74 Å². The number of nitrogens with zero attached hydrogens (tertiary/aromatic N) is 1. The van der Waals surface area contributed by atoms with E-state index in [9.17, 15) is 12.8 Å². The van der Waals surface area contributed by atoms with Crippen LogP contribution in [-0.2, 0) is 10.0 Å². The number of hydrogen-bond donors (Lipinski definition) is 1. The zero-order valence-corrected chi connectivity index (χ0v) is 13.1. The first-order valence-electron chi connectivity index (χ1n) is 6.92. The standard InChI is InChI=1S/C14H21FN2O3S/c1-20-12-5-6-13(15)14(8-12)16-9-11-4-3-7-17(10-11)21(2,18)19/h5-6,8,11,16H,3-4,7,9-10H2,1-2H3. The highest BCUT2D eigenvalue weighted by atomic mass is 32.2. The molecule has 1 aliphatic heterocycles. The minimum absolute atomic E-state index is 0.180. The molecule has 1 heterocycles. The van der Waals surface area contributed by atoms with Crippen molar-refractivity contribution in [1.82, 2.24) is 4.31 Å². The third-order valence-corrected chi connectivity index (χ3v) is 4.98. The molecule has 21 heavy (non-hydrogen) atoms. The molecule has 0 radical (unpaired) electrons. The van der Waals surface area contributed by atoms with Crippen LogP contribution in [0.3, 0.4) is 0 Å². The summed E-state index contributed by atoms with van der Waals surface area (Å²) < 4.78 is 43.4. The van der Waals surface area contributed by atoms with Crippen molar-refractivity contribution in [2.45, 2.75) is 12.8 Å². The maximum atomic E-state index is 13.7. The molecule has 1 atom stereocenters. The van der Waals surface area contributed by atoms with Crippen molar-refractivity contribution in [3.8, 4) is 5.75 Å². The van der Waals surface area contributed by atoms with E-state index < -0.39 is 10.0 Å². The first-order chi connectivity index (χ1) is 9.90. The molecule has 0 spiro atoms. The van der Waals surface area contributed by atoms with Crippen LogP contribution in [0, 0.1) is 11.7 Å². The summed E-state index contributed by atoms with van der Waals surface area (Å²) in [5, 5.41) is 3.05. The molecule has 1 fully saturated rings. The van der Waals surface area contributed by atoms with Gasteiger partial charge < -0.3 is 10.1 Å². The highest BCUT2D eigenvalue weighted by molar-refractivity contribution is 7.88. The Morgan fingerprint density at radius 1 is 1.48 bits per heavy atom. The highest BCUT2D eigenvalue weighted by Crippen LogP contribution is 2.23. The van der Waals surface area contributed by atoms with Gasteiger partial charge in [-0.2, -0.15) is 0 Å². The van der Waals surface area contributed by atoms with Gasteiger partial charge in [0.15, 0.2) is 0 Å². The second-order valence-electron chi connectivity index (χ2n) is 5.36. The van der Waals surface area contributed by atoms with E-state index in [1.54, 1.807) is 12.1 Å². The van der Waals surface area contributed by atoms with Crippen LogP contribution < -0.4 is 10.1 Å². The molecule has 1 aliphatic rings. The SMILES string of the molecule is COc1ccc(F)c(NCC2CCCN(S(C)(=O)=O)C2)c1. The number of piperidine rings is 1. The number of nitrogens with one attached hydrogen (secondary N) is 1. The van der Waals surface area contributed by atoms with Gasteiger partial charge in [-0.05, 0) is 30.9 Å². The van der Waals surface area contributed by atoms with Gasteiger partial charge in [-0.1, -0.05) is 0 Å². The van der Waals surface area contributed by atoms with Crippen molar-refractivity contribution in [2.24, 2.45) is 5.92 Å². The average Bonchev–Trinajstić information content (AvgIpc) is 2.46. The molecule has 0 saturated carbocycles. The summed E-state index contributed by atoms with van der Waals surface area (Å²) in [6.45, 7) is 1.59. The van der Waals surface area contributed by atoms with Crippen LogP contribution in [0.5, 0.6) is 5.75 Å². The van der Waals surface area contributed by atoms with Crippen LogP contribution in [0.2, 0.25) is 0 Å². The second-order valence-corrected chi connectivity index (χ2v) is 7.34. The summed E-state index contributed by atoms with van der Waals surface area (Å²) in [7, 11) is -1.62. The molecular formula is C14H21FN2O3S. The summed E-state index contributed by atoms with van der Waals surface area (Å²) >= 11 is 0. The van der Waals surface area contributed by atoms with Gasteiger partial charge in [0.25, 0.3) is 0 Å². The molecule has 0 bridgehead atoms. The van der Waals surface area contributed by atoms with Crippen LogP contribution in [0.1, 0.15) is 12.8 Å². The van der Waals surface area contributed by atoms with E-state index in [1.165, 1.54) is 23.7 Å². The van der Waals surface area contributed by atoms with Gasteiger partial charge in [-0.3, -0.25) is 0 Å². The molecule has 1 aromatic carbocycles. The zero-order valence-electron chi connectivity index (χ0n) is 12.3. The minimum atomic E-state index is -3.15. The summed E-state index contributed by atoms with van der Waals surface area (Å²) in [6, 6.07) is 4.52. The van der Waals surface area contributed by atoms with Crippen molar-refractivity contribution in [3.63, 3.8) is 0 Å². The largest absolute Gasteiger partial charge is 0.497 e. The van der Waals surface area contributed by atoms with Crippen LogP contribution >= 0.6 is 0 Å². The molecule has 2 rings (SSSR count). The molecule has 0 aromatic heterocycles. The van der Waals surface area contributed by atoms with E-state index >= 15 is 0 Å². The van der Waals surface area contributed by atoms with Crippen molar-refractivity contribution in [2.75, 3.05) is 38.3 Å². The fourth-order valence-electron chi connectivity index (χ4n) is 2.52. The Morgan fingerprint density at radius 3 is 2.90 bits per heavy atom. The molecule has 7 heteroatoms. The lowest BCUT2D eigenvalue weighted by Gasteiger charge is -2.31. The summed E-state index contributed by atoms with van der Waals surface area (Å²) in [6.07, 6.45) is 3.00. The first kappa shape index (κ1) is 16.0. The summed E-state index contributed by atoms with van der Waals surface area (Å²) in [4.78, 5) is 0. The lowest BCUT2D eigenvalue weighted by molar-refractivity contribution is 0.276. The maximum absolute atomic E-state index is 13.7. The highest BCUT2D eigenvalue weighted by Gasteiger charge is 2.25. The number of halogens is 1. The normalized spacial score (nSPS) is 20.2. The number of rotatable bonds is 5. The fraction of sp³-hybridized carbons (Fsp3) is 0.571. The van der Waals surface area contributed by atoms with Gasteiger partial charge in [-0.25, -0.2) is 17.1 Å². The van der Waals surface area contributed by atoms with E-state index in [0.717, 1.165) is 12.8 Å². The Kier molecular flexibility index (Phi) is 5.05. The number of methoxy groups -OCH3 is 1. The zero-order chi connectivity index (χ0) is 15.5. The van der Waals surface area contributed by atoms with Crippen molar-refractivity contribution < 1.29 is 17.5 Å². The number of ether oxygens (including phenoxy) is 1. The van der Waals surface area contributed by atoms with Gasteiger partial charge >= 0.3 is 0 Å². The molecule has 1 N–H and O–H groups in total. The van der Waals surface area contributed by atoms with Crippen molar-refractivity contribution >= 4 is 15.7 Å². The molecule has 1 aromatic rings.